The van der Waals surface area contributed by atoms with Gasteiger partial charge in [-0.25, -0.2) is 9.59 Å². The number of fused-ring (bicyclic) bond motifs is 4. The van der Waals surface area contributed by atoms with E-state index >= 15 is 0 Å². The van der Waals surface area contributed by atoms with Crippen molar-refractivity contribution in [3.63, 3.8) is 0 Å². The van der Waals surface area contributed by atoms with Crippen molar-refractivity contribution < 1.29 is 19.1 Å². The van der Waals surface area contributed by atoms with Crippen LogP contribution in [0.25, 0.3) is 49.2 Å². The number of aromatic amines is 1. The zero-order valence-electron chi connectivity index (χ0n) is 33.4. The number of aromatic nitrogens is 1. The van der Waals surface area contributed by atoms with Crippen LogP contribution in [0.5, 0.6) is 0 Å². The summed E-state index contributed by atoms with van der Waals surface area (Å²) in [6.07, 6.45) is 14.6. The van der Waals surface area contributed by atoms with Gasteiger partial charge in [0.05, 0.1) is 22.8 Å². The summed E-state index contributed by atoms with van der Waals surface area (Å²) in [6.45, 7) is 2.11. The van der Waals surface area contributed by atoms with E-state index in [2.05, 4.69) is 59.6 Å². The van der Waals surface area contributed by atoms with E-state index in [-0.39, 0.29) is 24.4 Å². The average Bonchev–Trinajstić information content (AvgIpc) is 3.99. The van der Waals surface area contributed by atoms with Crippen LogP contribution in [0, 0.1) is 0 Å². The zero-order chi connectivity index (χ0) is 41.3. The van der Waals surface area contributed by atoms with E-state index in [0.29, 0.717) is 28.2 Å². The predicted molar refractivity (Wildman–Crippen MR) is 246 cm³/mol. The Hall–Kier alpha value is -7.90. The van der Waals surface area contributed by atoms with Gasteiger partial charge in [-0.1, -0.05) is 133 Å². The molecule has 0 saturated carbocycles. The molecule has 61 heavy (non-hydrogen) atoms. The molecule has 7 nitrogen and oxygen atoms in total. The maximum Gasteiger partial charge on any atom is 0.342 e. The molecule has 1 aromatic heterocycles. The van der Waals surface area contributed by atoms with Crippen LogP contribution in [0.15, 0.2) is 196 Å². The summed E-state index contributed by atoms with van der Waals surface area (Å²) < 4.78 is 12.3. The van der Waals surface area contributed by atoms with E-state index in [0.717, 1.165) is 72.3 Å². The molecule has 0 fully saturated rings. The second-order valence-electron chi connectivity index (χ2n) is 15.3. The van der Waals surface area contributed by atoms with Crippen molar-refractivity contribution in [1.29, 1.82) is 0 Å². The molecule has 0 bridgehead atoms. The van der Waals surface area contributed by atoms with Crippen molar-refractivity contribution in [2.45, 2.75) is 26.6 Å². The summed E-state index contributed by atoms with van der Waals surface area (Å²) >= 11 is 0. The van der Waals surface area contributed by atoms with Crippen LogP contribution in [0.2, 0.25) is 0 Å². The molecule has 0 radical (unpaired) electrons. The Labute approximate surface area is 352 Å². The molecule has 10 rings (SSSR count). The molecule has 294 valence electrons. The molecule has 0 unspecified atom stereocenters. The normalized spacial score (nSPS) is 16.6. The number of H-pyrrole nitrogens is 1. The smallest absolute Gasteiger partial charge is 0.342 e. The van der Waals surface area contributed by atoms with Crippen LogP contribution in [0.3, 0.4) is 0 Å². The van der Waals surface area contributed by atoms with E-state index in [4.69, 9.17) is 19.5 Å². The molecule has 0 spiro atoms. The van der Waals surface area contributed by atoms with E-state index in [9.17, 15) is 9.59 Å². The van der Waals surface area contributed by atoms with Crippen molar-refractivity contribution in [3.05, 3.63) is 220 Å². The van der Waals surface area contributed by atoms with Gasteiger partial charge in [0, 0.05) is 39.9 Å². The van der Waals surface area contributed by atoms with Gasteiger partial charge in [0.1, 0.15) is 24.4 Å². The number of nitrogens with one attached hydrogen (secondary N) is 1. The summed E-state index contributed by atoms with van der Waals surface area (Å²) in [6, 6.07) is 43.7. The molecule has 0 saturated heterocycles. The van der Waals surface area contributed by atoms with Gasteiger partial charge < -0.3 is 14.5 Å². The summed E-state index contributed by atoms with van der Waals surface area (Å²) in [5.74, 6) is -1.11. The fourth-order valence-corrected chi connectivity index (χ4v) is 8.20. The minimum atomic E-state index is -0.557. The third-order valence-corrected chi connectivity index (χ3v) is 11.3. The van der Waals surface area contributed by atoms with Crippen LogP contribution in [0.4, 0.5) is 0 Å². The lowest BCUT2D eigenvalue weighted by molar-refractivity contribution is -0.138. The first kappa shape index (κ1) is 37.4. The SMILES string of the molecule is CC1=C(/C=C2/C=CC=CC2)/C(=C(\C(=O)OCc2ccccc2)c2[nH]c(/C(C(=O)OCc3ccccc3)=C3\N=Cc4cc5ccccc5cc43)c3cc4ccccc4cc23)N=C1. The van der Waals surface area contributed by atoms with Gasteiger partial charge in [-0.2, -0.15) is 0 Å². The monoisotopic (exact) mass is 793 g/mol. The lowest BCUT2D eigenvalue weighted by Crippen LogP contribution is -2.12. The number of allylic oxidation sites excluding steroid dienone is 7. The maximum atomic E-state index is 14.9. The Morgan fingerprint density at radius 1 is 0.623 bits per heavy atom. The first-order valence-electron chi connectivity index (χ1n) is 20.3. The Bertz CT molecular complexity index is 3190. The van der Waals surface area contributed by atoms with Gasteiger partial charge in [0.25, 0.3) is 0 Å². The molecule has 0 amide bonds. The number of benzene rings is 6. The van der Waals surface area contributed by atoms with Crippen molar-refractivity contribution in [1.82, 2.24) is 4.98 Å². The first-order valence-corrected chi connectivity index (χ1v) is 20.3. The van der Waals surface area contributed by atoms with Crippen molar-refractivity contribution in [2.24, 2.45) is 9.98 Å². The molecule has 1 aliphatic carbocycles. The molecule has 1 N–H and O–H groups in total. The molecule has 0 atom stereocenters. The molecule has 3 heterocycles. The van der Waals surface area contributed by atoms with Gasteiger partial charge in [-0.15, -0.1) is 0 Å². The molecular formula is C54H39N3O4. The molecule has 7 aromatic rings. The van der Waals surface area contributed by atoms with Gasteiger partial charge in [0.15, 0.2) is 0 Å². The van der Waals surface area contributed by atoms with E-state index in [1.165, 1.54) is 0 Å². The predicted octanol–water partition coefficient (Wildman–Crippen LogP) is 11.8. The minimum absolute atomic E-state index is 0.0563. The second kappa shape index (κ2) is 16.0. The zero-order valence-corrected chi connectivity index (χ0v) is 33.4. The Morgan fingerprint density at radius 2 is 1.15 bits per heavy atom. The number of hydrogen-bond donors (Lipinski definition) is 1. The van der Waals surface area contributed by atoms with Crippen LogP contribution in [0.1, 0.15) is 47.0 Å². The van der Waals surface area contributed by atoms with Crippen LogP contribution < -0.4 is 0 Å². The number of esters is 2. The second-order valence-corrected chi connectivity index (χ2v) is 15.3. The number of hydrogen-bond acceptors (Lipinski definition) is 6. The summed E-state index contributed by atoms with van der Waals surface area (Å²) in [5, 5.41) is 5.44. The highest BCUT2D eigenvalue weighted by Crippen LogP contribution is 2.43. The highest BCUT2D eigenvalue weighted by molar-refractivity contribution is 6.31. The number of rotatable bonds is 9. The number of carbonyl (C=O) groups is 2. The largest absolute Gasteiger partial charge is 0.457 e. The fraction of sp³-hybridized carbons (Fsp3) is 0.0741. The first-order chi connectivity index (χ1) is 30.0. The standard InChI is InChI=1S/C54H39N3O4/c1-34-30-55-49(43(34)25-35-15-5-2-6-16-35)47(53(58)60-32-36-17-7-3-8-18-36)51-45-28-40-23-13-14-24-41(40)29-46(45)52(57-51)48(54(59)61-33-37-19-9-4-10-20-37)50-44-27-39-22-12-11-21-38(39)26-42(44)31-56-50/h2-15,17-31,57H,16,32-33H2,1H3/b35-25-,49-47+,50-48+. The summed E-state index contributed by atoms with van der Waals surface area (Å²) in [7, 11) is 0. The quantitative estimate of drug-likeness (QED) is 0.116. The van der Waals surface area contributed by atoms with E-state index in [1.54, 1.807) is 12.4 Å². The molecule has 2 aliphatic heterocycles. The number of carbonyl (C=O) groups excluding carboxylic acids is 2. The Morgan fingerprint density at radius 3 is 1.72 bits per heavy atom. The van der Waals surface area contributed by atoms with Gasteiger partial charge >= 0.3 is 11.9 Å². The lowest BCUT2D eigenvalue weighted by atomic mass is 9.95. The van der Waals surface area contributed by atoms with E-state index < -0.39 is 11.9 Å². The number of nitrogens with zero attached hydrogens (tertiary/aromatic N) is 2. The highest BCUT2D eigenvalue weighted by atomic mass is 16.5. The minimum Gasteiger partial charge on any atom is -0.457 e. The van der Waals surface area contributed by atoms with Crippen LogP contribution in [-0.4, -0.2) is 29.4 Å². The fourth-order valence-electron chi connectivity index (χ4n) is 8.20. The van der Waals surface area contributed by atoms with Crippen LogP contribution >= 0.6 is 0 Å². The topological polar surface area (TPSA) is 93.1 Å². The Kier molecular flexibility index (Phi) is 9.83. The average molecular weight is 794 g/mol. The molecular weight excluding hydrogens is 755 g/mol. The highest BCUT2D eigenvalue weighted by Gasteiger charge is 2.33. The summed E-state index contributed by atoms with van der Waals surface area (Å²) in [5.41, 5.74) is 8.60. The summed E-state index contributed by atoms with van der Waals surface area (Å²) in [4.78, 5) is 43.3. The lowest BCUT2D eigenvalue weighted by Gasteiger charge is -2.13. The Balaban J connectivity index is 1.23. The van der Waals surface area contributed by atoms with Gasteiger partial charge in [0.2, 0.25) is 0 Å². The number of ether oxygens (including phenoxy) is 2. The number of aliphatic imine (C=N–C) groups is 2. The van der Waals surface area contributed by atoms with Crippen molar-refractivity contribution in [3.8, 4) is 0 Å². The van der Waals surface area contributed by atoms with Crippen molar-refractivity contribution >= 4 is 73.5 Å². The van der Waals surface area contributed by atoms with Crippen LogP contribution in [-0.2, 0) is 32.3 Å². The molecule has 3 aliphatic rings. The van der Waals surface area contributed by atoms with Gasteiger partial charge in [-0.05, 0) is 87.5 Å². The van der Waals surface area contributed by atoms with E-state index in [1.807, 2.05) is 116 Å². The third-order valence-electron chi connectivity index (χ3n) is 11.3. The molecule has 6 aromatic carbocycles. The maximum absolute atomic E-state index is 14.9. The van der Waals surface area contributed by atoms with Gasteiger partial charge in [-0.3, -0.25) is 9.98 Å². The molecule has 7 heteroatoms. The van der Waals surface area contributed by atoms with Crippen molar-refractivity contribution in [2.75, 3.05) is 0 Å². The third kappa shape index (κ3) is 7.27.